The van der Waals surface area contributed by atoms with E-state index in [-0.39, 0.29) is 5.92 Å². The number of hydrogen-bond donors (Lipinski definition) is 0. The fraction of sp³-hybridized carbons (Fsp3) is 0.800. The molecule has 3 fully saturated rings. The maximum atomic E-state index is 12.9. The summed E-state index contributed by atoms with van der Waals surface area (Å²) in [6, 6.07) is 0.433. The maximum absolute atomic E-state index is 12.9. The predicted octanol–water partition coefficient (Wildman–Crippen LogP) is 1.93. The molecule has 2 heterocycles. The van der Waals surface area contributed by atoms with Crippen LogP contribution in [0.4, 0.5) is 0 Å². The number of carbonyl (C=O) groups is 1. The first-order valence-corrected chi connectivity index (χ1v) is 8.56. The van der Waals surface area contributed by atoms with Gasteiger partial charge in [-0.2, -0.15) is 11.8 Å². The van der Waals surface area contributed by atoms with Crippen LogP contribution in [0.3, 0.4) is 0 Å². The Bertz CT molecular complexity index is 409. The van der Waals surface area contributed by atoms with Crippen LogP contribution in [0.5, 0.6) is 0 Å². The van der Waals surface area contributed by atoms with Crippen molar-refractivity contribution >= 4 is 17.7 Å². The molecule has 4 heteroatoms. The minimum absolute atomic E-state index is 0.279. The lowest BCUT2D eigenvalue weighted by molar-refractivity contribution is -0.140. The molecule has 19 heavy (non-hydrogen) atoms. The highest BCUT2D eigenvalue weighted by atomic mass is 32.2. The topological polar surface area (TPSA) is 29.5 Å². The number of amides is 1. The van der Waals surface area contributed by atoms with E-state index in [4.69, 9.17) is 4.74 Å². The molecule has 4 aliphatic rings. The average molecular weight is 279 g/mol. The Kier molecular flexibility index (Phi) is 3.11. The van der Waals surface area contributed by atoms with Crippen molar-refractivity contribution in [2.45, 2.75) is 30.6 Å². The summed E-state index contributed by atoms with van der Waals surface area (Å²) >= 11 is 1.99. The molecular weight excluding hydrogens is 258 g/mol. The van der Waals surface area contributed by atoms with Crippen molar-refractivity contribution in [1.29, 1.82) is 0 Å². The number of carbonyl (C=O) groups excluding carboxylic acids is 1. The van der Waals surface area contributed by atoms with Crippen LogP contribution in [0, 0.1) is 17.8 Å². The lowest BCUT2D eigenvalue weighted by Crippen LogP contribution is -2.55. The van der Waals surface area contributed by atoms with E-state index < -0.39 is 0 Å². The summed E-state index contributed by atoms with van der Waals surface area (Å²) in [5.74, 6) is 3.01. The van der Waals surface area contributed by atoms with Gasteiger partial charge in [-0.1, -0.05) is 12.2 Å². The number of rotatable bonds is 1. The Balaban J connectivity index is 1.51. The van der Waals surface area contributed by atoms with E-state index in [9.17, 15) is 4.79 Å². The SMILES string of the molecule is O=C(C1CC2C=CC1C2)N1CCSC2COCCC21. The molecule has 104 valence electrons. The zero-order chi connectivity index (χ0) is 12.8. The van der Waals surface area contributed by atoms with Crippen molar-refractivity contribution in [3.63, 3.8) is 0 Å². The molecule has 2 bridgehead atoms. The molecule has 1 saturated carbocycles. The number of fused-ring (bicyclic) bond motifs is 3. The van der Waals surface area contributed by atoms with Crippen molar-refractivity contribution in [2.75, 3.05) is 25.5 Å². The van der Waals surface area contributed by atoms with Crippen LogP contribution in [0.25, 0.3) is 0 Å². The average Bonchev–Trinajstić information content (AvgIpc) is 3.08. The van der Waals surface area contributed by atoms with E-state index >= 15 is 0 Å². The molecule has 3 nitrogen and oxygen atoms in total. The lowest BCUT2D eigenvalue weighted by atomic mass is 9.91. The van der Waals surface area contributed by atoms with Crippen molar-refractivity contribution in [3.8, 4) is 0 Å². The zero-order valence-corrected chi connectivity index (χ0v) is 12.0. The Labute approximate surface area is 118 Å². The molecule has 2 saturated heterocycles. The van der Waals surface area contributed by atoms with Gasteiger partial charge < -0.3 is 9.64 Å². The van der Waals surface area contributed by atoms with Gasteiger partial charge in [0.05, 0.1) is 6.61 Å². The summed E-state index contributed by atoms with van der Waals surface area (Å²) in [5, 5.41) is 0.514. The van der Waals surface area contributed by atoms with Gasteiger partial charge in [-0.15, -0.1) is 0 Å². The maximum Gasteiger partial charge on any atom is 0.226 e. The third-order valence-corrected chi connectivity index (χ3v) is 6.51. The van der Waals surface area contributed by atoms with Crippen LogP contribution in [0.15, 0.2) is 12.2 Å². The highest BCUT2D eigenvalue weighted by molar-refractivity contribution is 8.00. The molecule has 5 unspecified atom stereocenters. The molecule has 0 aromatic carbocycles. The van der Waals surface area contributed by atoms with E-state index in [0.29, 0.717) is 29.0 Å². The monoisotopic (exact) mass is 279 g/mol. The smallest absolute Gasteiger partial charge is 0.226 e. The van der Waals surface area contributed by atoms with E-state index in [0.717, 1.165) is 38.4 Å². The van der Waals surface area contributed by atoms with Gasteiger partial charge in [0.25, 0.3) is 0 Å². The fourth-order valence-electron chi connectivity index (χ4n) is 4.24. The quantitative estimate of drug-likeness (QED) is 0.687. The molecular formula is C15H21NO2S. The van der Waals surface area contributed by atoms with Gasteiger partial charge in [0.1, 0.15) is 0 Å². The molecule has 0 aromatic heterocycles. The Morgan fingerprint density at radius 1 is 1.32 bits per heavy atom. The first-order valence-electron chi connectivity index (χ1n) is 7.51. The molecule has 0 aromatic rings. The third-order valence-electron chi connectivity index (χ3n) is 5.21. The minimum Gasteiger partial charge on any atom is -0.380 e. The summed E-state index contributed by atoms with van der Waals surface area (Å²) in [6.45, 7) is 2.60. The van der Waals surface area contributed by atoms with Crippen molar-refractivity contribution in [2.24, 2.45) is 17.8 Å². The fourth-order valence-corrected chi connectivity index (χ4v) is 5.54. The predicted molar refractivity (Wildman–Crippen MR) is 76.0 cm³/mol. The first-order chi connectivity index (χ1) is 9.33. The molecule has 1 amide bonds. The van der Waals surface area contributed by atoms with Gasteiger partial charge in [-0.05, 0) is 31.1 Å². The Morgan fingerprint density at radius 2 is 2.26 bits per heavy atom. The summed E-state index contributed by atoms with van der Waals surface area (Å²) in [5.41, 5.74) is 0. The van der Waals surface area contributed by atoms with Crippen LogP contribution < -0.4 is 0 Å². The third kappa shape index (κ3) is 2.04. The van der Waals surface area contributed by atoms with Gasteiger partial charge in [-0.25, -0.2) is 0 Å². The number of ether oxygens (including phenoxy) is 1. The summed E-state index contributed by atoms with van der Waals surface area (Å²) in [6.07, 6.45) is 7.95. The number of nitrogens with zero attached hydrogens (tertiary/aromatic N) is 1. The van der Waals surface area contributed by atoms with E-state index in [1.54, 1.807) is 0 Å². The van der Waals surface area contributed by atoms with E-state index in [2.05, 4.69) is 17.1 Å². The first kappa shape index (κ1) is 12.3. The zero-order valence-electron chi connectivity index (χ0n) is 11.2. The standard InChI is InChI=1S/C15H21NO2S/c17-15(12-8-10-1-2-11(12)7-10)16-4-6-19-14-9-18-5-3-13(14)16/h1-2,10-14H,3-9H2. The Hall–Kier alpha value is -0.480. The normalized spacial score (nSPS) is 44.4. The molecule has 5 atom stereocenters. The highest BCUT2D eigenvalue weighted by Crippen LogP contribution is 2.45. The second-order valence-electron chi connectivity index (χ2n) is 6.26. The molecule has 4 rings (SSSR count). The molecule has 0 N–H and O–H groups in total. The van der Waals surface area contributed by atoms with Crippen LogP contribution in [-0.2, 0) is 9.53 Å². The van der Waals surface area contributed by atoms with Crippen molar-refractivity contribution in [3.05, 3.63) is 12.2 Å². The van der Waals surface area contributed by atoms with Crippen molar-refractivity contribution in [1.82, 2.24) is 4.90 Å². The summed E-state index contributed by atoms with van der Waals surface area (Å²) < 4.78 is 5.57. The van der Waals surface area contributed by atoms with Crippen LogP contribution in [-0.4, -0.2) is 47.6 Å². The van der Waals surface area contributed by atoms with Crippen LogP contribution >= 0.6 is 11.8 Å². The largest absolute Gasteiger partial charge is 0.380 e. The van der Waals surface area contributed by atoms with Crippen LogP contribution in [0.2, 0.25) is 0 Å². The van der Waals surface area contributed by atoms with Crippen molar-refractivity contribution < 1.29 is 9.53 Å². The summed E-state index contributed by atoms with van der Waals surface area (Å²) in [7, 11) is 0. The van der Waals surface area contributed by atoms with E-state index in [1.807, 2.05) is 11.8 Å². The Morgan fingerprint density at radius 3 is 3.05 bits per heavy atom. The lowest BCUT2D eigenvalue weighted by Gasteiger charge is -2.44. The number of allylic oxidation sites excluding steroid dienone is 2. The number of hydrogen-bond acceptors (Lipinski definition) is 3. The molecule has 2 aliphatic heterocycles. The molecule has 0 radical (unpaired) electrons. The second kappa shape index (κ2) is 4.81. The second-order valence-corrected chi connectivity index (χ2v) is 7.61. The van der Waals surface area contributed by atoms with Gasteiger partial charge in [0, 0.05) is 36.1 Å². The number of thioether (sulfide) groups is 1. The van der Waals surface area contributed by atoms with Gasteiger partial charge in [0.2, 0.25) is 5.91 Å². The van der Waals surface area contributed by atoms with Crippen LogP contribution in [0.1, 0.15) is 19.3 Å². The van der Waals surface area contributed by atoms with Gasteiger partial charge in [0.15, 0.2) is 0 Å². The van der Waals surface area contributed by atoms with E-state index in [1.165, 1.54) is 6.42 Å². The molecule has 0 spiro atoms. The molecule has 2 aliphatic carbocycles. The van der Waals surface area contributed by atoms with Gasteiger partial charge >= 0.3 is 0 Å². The van der Waals surface area contributed by atoms with Gasteiger partial charge in [-0.3, -0.25) is 4.79 Å². The summed E-state index contributed by atoms with van der Waals surface area (Å²) in [4.78, 5) is 15.1. The highest BCUT2D eigenvalue weighted by Gasteiger charge is 2.45. The minimum atomic E-state index is 0.279.